The Balaban J connectivity index is 1.83. The van der Waals surface area contributed by atoms with Gasteiger partial charge in [0.25, 0.3) is 0 Å². The predicted octanol–water partition coefficient (Wildman–Crippen LogP) is 8.75. The summed E-state index contributed by atoms with van der Waals surface area (Å²) in [5.41, 5.74) is 4.58. The SMILES string of the molecule is CC/C=C/CC(O)/C=C/C=C/CCCCCCCC(=O)OC[C@H](COP(=O)(O)OP(=O)(O)OC[C@H]1O[C@@H](n2ccc(N)nc2=O)[C@H](O)[C@@H]1O)OC(=O)CCCCCCC/C=C\CCCCCCCC. The number of aliphatic hydroxyl groups excluding tert-OH is 3. The van der Waals surface area contributed by atoms with Crippen LogP contribution in [0.15, 0.2) is 65.7 Å². The van der Waals surface area contributed by atoms with E-state index in [9.17, 15) is 48.6 Å². The Morgan fingerprint density at radius 2 is 1.35 bits per heavy atom. The van der Waals surface area contributed by atoms with Crippen molar-refractivity contribution in [1.29, 1.82) is 0 Å². The van der Waals surface area contributed by atoms with Crippen molar-refractivity contribution in [1.82, 2.24) is 9.55 Å². The molecular weight excluding hydrogens is 936 g/mol. The molecule has 0 radical (unpaired) electrons. The molecule has 69 heavy (non-hydrogen) atoms. The molecule has 0 amide bonds. The Hall–Kier alpha value is -3.32. The van der Waals surface area contributed by atoms with Gasteiger partial charge in [0.15, 0.2) is 12.3 Å². The molecule has 0 spiro atoms. The van der Waals surface area contributed by atoms with Crippen molar-refractivity contribution in [3.63, 3.8) is 0 Å². The van der Waals surface area contributed by atoms with E-state index in [0.29, 0.717) is 19.3 Å². The van der Waals surface area contributed by atoms with Crippen molar-refractivity contribution in [3.8, 4) is 0 Å². The van der Waals surface area contributed by atoms with Crippen molar-refractivity contribution in [2.45, 2.75) is 198 Å². The number of allylic oxidation sites excluding steroid dienone is 6. The molecule has 0 saturated carbocycles. The summed E-state index contributed by atoms with van der Waals surface area (Å²) in [4.78, 5) is 61.8. The molecule has 0 aliphatic carbocycles. The van der Waals surface area contributed by atoms with Gasteiger partial charge < -0.3 is 45.1 Å². The summed E-state index contributed by atoms with van der Waals surface area (Å²) in [6.07, 6.45) is 29.5. The number of rotatable bonds is 40. The van der Waals surface area contributed by atoms with Gasteiger partial charge >= 0.3 is 33.3 Å². The summed E-state index contributed by atoms with van der Waals surface area (Å²) < 4.78 is 56.7. The van der Waals surface area contributed by atoms with E-state index in [1.165, 1.54) is 44.6 Å². The largest absolute Gasteiger partial charge is 0.481 e. The van der Waals surface area contributed by atoms with E-state index in [1.54, 1.807) is 6.08 Å². The van der Waals surface area contributed by atoms with Crippen molar-refractivity contribution in [3.05, 3.63) is 71.4 Å². The number of aromatic nitrogens is 2. The lowest BCUT2D eigenvalue weighted by molar-refractivity contribution is -0.161. The number of hydrogen-bond donors (Lipinski definition) is 6. The number of phosphoric ester groups is 2. The van der Waals surface area contributed by atoms with Crippen LogP contribution in [0.25, 0.3) is 0 Å². The van der Waals surface area contributed by atoms with Gasteiger partial charge in [-0.1, -0.05) is 133 Å². The fraction of sp³-hybridized carbons (Fsp3) is 0.708. The highest BCUT2D eigenvalue weighted by Crippen LogP contribution is 2.60. The normalized spacial score (nSPS) is 20.2. The van der Waals surface area contributed by atoms with Crippen LogP contribution in [-0.4, -0.2) is 96.9 Å². The molecule has 0 aromatic carbocycles. The van der Waals surface area contributed by atoms with Gasteiger partial charge in [-0.25, -0.2) is 13.9 Å². The van der Waals surface area contributed by atoms with Crippen LogP contribution in [0.1, 0.15) is 168 Å². The number of carbonyl (C=O) groups excluding carboxylic acids is 2. The Morgan fingerprint density at radius 1 is 0.768 bits per heavy atom. The number of nitrogens with zero attached hydrogens (tertiary/aromatic N) is 2. The minimum Gasteiger partial charge on any atom is -0.462 e. The third-order valence-corrected chi connectivity index (χ3v) is 13.6. The molecule has 394 valence electrons. The lowest BCUT2D eigenvalue weighted by Crippen LogP contribution is -2.36. The maximum absolute atomic E-state index is 12.8. The number of ether oxygens (including phenoxy) is 3. The van der Waals surface area contributed by atoms with Gasteiger partial charge in [0.1, 0.15) is 30.7 Å². The highest BCUT2D eigenvalue weighted by atomic mass is 31.3. The Kier molecular flexibility index (Phi) is 32.8. The van der Waals surface area contributed by atoms with Crippen LogP contribution < -0.4 is 11.4 Å². The molecule has 2 heterocycles. The molecule has 0 bridgehead atoms. The van der Waals surface area contributed by atoms with E-state index in [2.05, 4.69) is 28.4 Å². The number of unbranched alkanes of at least 4 members (excludes halogenated alkanes) is 16. The fourth-order valence-corrected chi connectivity index (χ4v) is 9.22. The third kappa shape index (κ3) is 29.6. The first-order valence-corrected chi connectivity index (χ1v) is 27.7. The van der Waals surface area contributed by atoms with Crippen molar-refractivity contribution in [2.75, 3.05) is 25.6 Å². The quantitative estimate of drug-likeness (QED) is 0.0118. The number of anilines is 1. The van der Waals surface area contributed by atoms with Crippen LogP contribution in [0.5, 0.6) is 0 Å². The van der Waals surface area contributed by atoms with E-state index in [4.69, 9.17) is 29.0 Å². The summed E-state index contributed by atoms with van der Waals surface area (Å²) in [5.74, 6) is -1.37. The Morgan fingerprint density at radius 3 is 1.97 bits per heavy atom. The maximum Gasteiger partial charge on any atom is 0.481 e. The minimum atomic E-state index is -5.44. The number of aliphatic hydroxyl groups is 3. The molecule has 19 nitrogen and oxygen atoms in total. The van der Waals surface area contributed by atoms with E-state index in [-0.39, 0.29) is 18.7 Å². The molecule has 1 aromatic heterocycles. The smallest absolute Gasteiger partial charge is 0.462 e. The lowest BCUT2D eigenvalue weighted by atomic mass is 10.1. The zero-order valence-electron chi connectivity index (χ0n) is 40.7. The van der Waals surface area contributed by atoms with Crippen LogP contribution in [0.4, 0.5) is 5.82 Å². The Labute approximate surface area is 408 Å². The molecular formula is C48H81N3O16P2. The van der Waals surface area contributed by atoms with Crippen LogP contribution in [0.3, 0.4) is 0 Å². The monoisotopic (exact) mass is 1020 g/mol. The second-order valence-corrected chi connectivity index (χ2v) is 20.2. The van der Waals surface area contributed by atoms with Crippen molar-refractivity contribution < 1.29 is 71.4 Å². The van der Waals surface area contributed by atoms with Gasteiger partial charge in [0, 0.05) is 19.0 Å². The van der Waals surface area contributed by atoms with Crippen LogP contribution in [0, 0.1) is 0 Å². The van der Waals surface area contributed by atoms with Crippen LogP contribution >= 0.6 is 15.6 Å². The Bertz CT molecular complexity index is 1860. The number of phosphoric acid groups is 2. The average Bonchev–Trinajstić information content (AvgIpc) is 3.58. The standard InChI is InChI=1S/C48H81N3O16P2/c1-3-5-7-8-9-10-11-12-13-14-15-18-22-25-29-33-44(54)65-40(36-62-43(53)32-28-24-21-19-16-17-20-23-27-31-39(52)30-26-6-4-2)37-63-68(58,59)67-69(60,61)64-38-41-45(55)46(56)47(66-41)51-35-34-42(49)50-48(51)57/h6,12-13,20,23,26-27,31,34-35,39-41,45-47,52,55-56H,3-5,7-11,14-19,21-22,24-25,28-30,32-33,36-38H2,1-2H3,(H,58,59)(H,60,61)(H2,49,50,57)/b13-12-,23-20+,26-6+,31-27+/t39?,40-,41-,45-,46-,47-/m1/s1. The number of carbonyl (C=O) groups is 2. The van der Waals surface area contributed by atoms with E-state index < -0.39 is 89.8 Å². The summed E-state index contributed by atoms with van der Waals surface area (Å²) in [6.45, 7) is 1.90. The van der Waals surface area contributed by atoms with Crippen LogP contribution in [-0.2, 0) is 46.3 Å². The summed E-state index contributed by atoms with van der Waals surface area (Å²) in [5, 5.41) is 30.8. The number of nitrogens with two attached hydrogens (primary N) is 1. The zero-order chi connectivity index (χ0) is 50.8. The van der Waals surface area contributed by atoms with E-state index in [1.807, 2.05) is 37.3 Å². The molecule has 1 aliphatic heterocycles. The first-order valence-electron chi connectivity index (χ1n) is 24.8. The molecule has 8 atom stereocenters. The number of nitrogen functional groups attached to an aromatic ring is 1. The van der Waals surface area contributed by atoms with Gasteiger partial charge in [-0.05, 0) is 70.3 Å². The van der Waals surface area contributed by atoms with Crippen molar-refractivity contribution in [2.24, 2.45) is 0 Å². The molecule has 3 unspecified atom stereocenters. The molecule has 1 aliphatic rings. The number of esters is 2. The van der Waals surface area contributed by atoms with Crippen molar-refractivity contribution >= 4 is 33.4 Å². The van der Waals surface area contributed by atoms with E-state index in [0.717, 1.165) is 87.8 Å². The molecule has 1 fully saturated rings. The predicted molar refractivity (Wildman–Crippen MR) is 262 cm³/mol. The molecule has 1 aromatic rings. The first kappa shape index (κ1) is 61.8. The second-order valence-electron chi connectivity index (χ2n) is 17.1. The van der Waals surface area contributed by atoms with E-state index >= 15 is 0 Å². The molecule has 21 heteroatoms. The minimum absolute atomic E-state index is 0.0241. The fourth-order valence-electron chi connectivity index (χ4n) is 7.11. The highest BCUT2D eigenvalue weighted by Gasteiger charge is 2.46. The topological polar surface area (TPSA) is 286 Å². The van der Waals surface area contributed by atoms with Gasteiger partial charge in [-0.2, -0.15) is 9.29 Å². The zero-order valence-corrected chi connectivity index (χ0v) is 42.5. The summed E-state index contributed by atoms with van der Waals surface area (Å²) >= 11 is 0. The second kappa shape index (κ2) is 36.6. The van der Waals surface area contributed by atoms with Gasteiger partial charge in [0.2, 0.25) is 0 Å². The van der Waals surface area contributed by atoms with Gasteiger partial charge in [0.05, 0.1) is 19.3 Å². The molecule has 2 rings (SSSR count). The number of hydrogen-bond acceptors (Lipinski definition) is 16. The molecule has 7 N–H and O–H groups in total. The average molecular weight is 1020 g/mol. The van der Waals surface area contributed by atoms with Crippen LogP contribution in [0.2, 0.25) is 0 Å². The third-order valence-electron chi connectivity index (χ3n) is 11.0. The molecule has 1 saturated heterocycles. The van der Waals surface area contributed by atoms with Gasteiger partial charge in [-0.15, -0.1) is 0 Å². The summed E-state index contributed by atoms with van der Waals surface area (Å²) in [7, 11) is -10.9. The first-order chi connectivity index (χ1) is 33.1. The van der Waals surface area contributed by atoms with Gasteiger partial charge in [-0.3, -0.25) is 23.2 Å². The summed E-state index contributed by atoms with van der Waals surface area (Å²) in [6, 6.07) is 1.24. The highest BCUT2D eigenvalue weighted by molar-refractivity contribution is 7.61. The maximum atomic E-state index is 12.8. The lowest BCUT2D eigenvalue weighted by Gasteiger charge is -2.21.